The van der Waals surface area contributed by atoms with E-state index in [9.17, 15) is 4.79 Å². The van der Waals surface area contributed by atoms with Crippen molar-refractivity contribution < 1.29 is 9.53 Å². The molecule has 1 aromatic heterocycles. The molecule has 1 aromatic carbocycles. The number of ether oxygens (including phenoxy) is 1. The van der Waals surface area contributed by atoms with Crippen LogP contribution >= 0.6 is 0 Å². The summed E-state index contributed by atoms with van der Waals surface area (Å²) in [6.07, 6.45) is 5.12. The van der Waals surface area contributed by atoms with Crippen molar-refractivity contribution in [2.24, 2.45) is 0 Å². The Balaban J connectivity index is 1.60. The highest BCUT2D eigenvalue weighted by Crippen LogP contribution is 2.33. The highest BCUT2D eigenvalue weighted by Gasteiger charge is 2.29. The highest BCUT2D eigenvalue weighted by molar-refractivity contribution is 5.75. The first-order valence-corrected chi connectivity index (χ1v) is 7.79. The molecule has 0 radical (unpaired) electrons. The van der Waals surface area contributed by atoms with Crippen LogP contribution in [0.25, 0.3) is 0 Å². The number of methoxy groups -OCH3 is 1. The SMILES string of the molecule is COc1cccc(C2CCCN2C(=O)NCCn2cncn2)c1. The molecule has 1 atom stereocenters. The lowest BCUT2D eigenvalue weighted by Gasteiger charge is -2.25. The van der Waals surface area contributed by atoms with E-state index in [-0.39, 0.29) is 12.1 Å². The number of urea groups is 1. The van der Waals surface area contributed by atoms with Crippen molar-refractivity contribution in [2.45, 2.75) is 25.4 Å². The van der Waals surface area contributed by atoms with Crippen molar-refractivity contribution in [3.05, 3.63) is 42.5 Å². The average molecular weight is 315 g/mol. The average Bonchev–Trinajstić information content (AvgIpc) is 3.26. The minimum atomic E-state index is -0.0320. The van der Waals surface area contributed by atoms with Gasteiger partial charge in [0, 0.05) is 13.1 Å². The lowest BCUT2D eigenvalue weighted by Crippen LogP contribution is -2.40. The quantitative estimate of drug-likeness (QED) is 0.914. The van der Waals surface area contributed by atoms with Crippen LogP contribution in [0.3, 0.4) is 0 Å². The Morgan fingerprint density at radius 2 is 2.39 bits per heavy atom. The molecule has 1 fully saturated rings. The van der Waals surface area contributed by atoms with E-state index in [1.165, 1.54) is 6.33 Å². The fourth-order valence-corrected chi connectivity index (χ4v) is 2.93. The van der Waals surface area contributed by atoms with Crippen molar-refractivity contribution >= 4 is 6.03 Å². The van der Waals surface area contributed by atoms with Crippen LogP contribution < -0.4 is 10.1 Å². The van der Waals surface area contributed by atoms with E-state index in [0.717, 1.165) is 30.7 Å². The van der Waals surface area contributed by atoms with E-state index < -0.39 is 0 Å². The van der Waals surface area contributed by atoms with Gasteiger partial charge in [0.25, 0.3) is 0 Å². The third-order valence-electron chi connectivity index (χ3n) is 4.08. The predicted molar refractivity (Wildman–Crippen MR) is 85.1 cm³/mol. The second-order valence-electron chi connectivity index (χ2n) is 5.52. The number of nitrogens with zero attached hydrogens (tertiary/aromatic N) is 4. The van der Waals surface area contributed by atoms with Gasteiger partial charge in [-0.05, 0) is 30.5 Å². The lowest BCUT2D eigenvalue weighted by molar-refractivity contribution is 0.192. The zero-order valence-electron chi connectivity index (χ0n) is 13.2. The molecule has 0 spiro atoms. The summed E-state index contributed by atoms with van der Waals surface area (Å²) in [7, 11) is 1.66. The molecule has 1 aliphatic heterocycles. The van der Waals surface area contributed by atoms with Crippen molar-refractivity contribution in [2.75, 3.05) is 20.2 Å². The molecule has 2 amide bonds. The van der Waals surface area contributed by atoms with E-state index in [2.05, 4.69) is 15.4 Å². The van der Waals surface area contributed by atoms with Gasteiger partial charge < -0.3 is 15.0 Å². The number of hydrogen-bond acceptors (Lipinski definition) is 4. The summed E-state index contributed by atoms with van der Waals surface area (Å²) in [5.74, 6) is 0.820. The monoisotopic (exact) mass is 315 g/mol. The van der Waals surface area contributed by atoms with Crippen LogP contribution in [0.4, 0.5) is 4.79 Å². The topological polar surface area (TPSA) is 72.3 Å². The molecule has 2 aromatic rings. The van der Waals surface area contributed by atoms with Crippen LogP contribution in [0.2, 0.25) is 0 Å². The van der Waals surface area contributed by atoms with Crippen LogP contribution in [-0.4, -0.2) is 45.9 Å². The highest BCUT2D eigenvalue weighted by atomic mass is 16.5. The largest absolute Gasteiger partial charge is 0.497 e. The van der Waals surface area contributed by atoms with E-state index in [0.29, 0.717) is 13.1 Å². The summed E-state index contributed by atoms with van der Waals surface area (Å²) < 4.78 is 6.98. The Kier molecular flexibility index (Phi) is 4.75. The first kappa shape index (κ1) is 15.3. The van der Waals surface area contributed by atoms with Gasteiger partial charge in [0.15, 0.2) is 0 Å². The number of aromatic nitrogens is 3. The maximum absolute atomic E-state index is 12.5. The van der Waals surface area contributed by atoms with Crippen LogP contribution in [-0.2, 0) is 6.54 Å². The van der Waals surface area contributed by atoms with Crippen molar-refractivity contribution in [1.82, 2.24) is 25.0 Å². The molecule has 122 valence electrons. The summed E-state index contributed by atoms with van der Waals surface area (Å²) >= 11 is 0. The number of nitrogens with one attached hydrogen (secondary N) is 1. The smallest absolute Gasteiger partial charge is 0.317 e. The van der Waals surface area contributed by atoms with Gasteiger partial charge in [-0.25, -0.2) is 9.78 Å². The van der Waals surface area contributed by atoms with Gasteiger partial charge in [-0.2, -0.15) is 5.10 Å². The van der Waals surface area contributed by atoms with Crippen LogP contribution in [0, 0.1) is 0 Å². The van der Waals surface area contributed by atoms with E-state index in [1.807, 2.05) is 29.2 Å². The fourth-order valence-electron chi connectivity index (χ4n) is 2.93. The van der Waals surface area contributed by atoms with Gasteiger partial charge in [0.1, 0.15) is 18.4 Å². The van der Waals surface area contributed by atoms with Gasteiger partial charge in [-0.15, -0.1) is 0 Å². The second kappa shape index (κ2) is 7.13. The summed E-state index contributed by atoms with van der Waals surface area (Å²) in [4.78, 5) is 18.2. The minimum Gasteiger partial charge on any atom is -0.497 e. The molecule has 0 aliphatic carbocycles. The number of likely N-dealkylation sites (tertiary alicyclic amines) is 1. The van der Waals surface area contributed by atoms with E-state index >= 15 is 0 Å². The Bertz CT molecular complexity index is 644. The summed E-state index contributed by atoms with van der Waals surface area (Å²) in [6.45, 7) is 1.92. The number of hydrogen-bond donors (Lipinski definition) is 1. The molecular weight excluding hydrogens is 294 g/mol. The standard InChI is InChI=1S/C16H21N5O2/c1-23-14-5-2-4-13(10-14)15-6-3-8-21(15)16(22)18-7-9-20-12-17-11-19-20/h2,4-5,10-12,15H,3,6-9H2,1H3,(H,18,22). The number of rotatable bonds is 5. The maximum Gasteiger partial charge on any atom is 0.317 e. The second-order valence-corrected chi connectivity index (χ2v) is 5.52. The molecule has 3 rings (SSSR count). The molecule has 2 heterocycles. The maximum atomic E-state index is 12.5. The molecular formula is C16H21N5O2. The van der Waals surface area contributed by atoms with Crippen molar-refractivity contribution in [3.8, 4) is 5.75 Å². The van der Waals surface area contributed by atoms with Gasteiger partial charge >= 0.3 is 6.03 Å². The fraction of sp³-hybridized carbons (Fsp3) is 0.438. The first-order chi connectivity index (χ1) is 11.3. The van der Waals surface area contributed by atoms with Gasteiger partial charge in [-0.1, -0.05) is 12.1 Å². The molecule has 1 saturated heterocycles. The minimum absolute atomic E-state index is 0.0320. The molecule has 0 bridgehead atoms. The molecule has 7 heteroatoms. The Hall–Kier alpha value is -2.57. The summed E-state index contributed by atoms with van der Waals surface area (Å²) in [5.41, 5.74) is 1.12. The zero-order valence-corrected chi connectivity index (χ0v) is 13.2. The molecule has 0 saturated carbocycles. The zero-order chi connectivity index (χ0) is 16.1. The first-order valence-electron chi connectivity index (χ1n) is 7.79. The van der Waals surface area contributed by atoms with Crippen LogP contribution in [0.5, 0.6) is 5.75 Å². The van der Waals surface area contributed by atoms with Gasteiger partial charge in [-0.3, -0.25) is 4.68 Å². The number of benzene rings is 1. The molecule has 23 heavy (non-hydrogen) atoms. The summed E-state index contributed by atoms with van der Waals surface area (Å²) in [6, 6.07) is 8.01. The van der Waals surface area contributed by atoms with Crippen LogP contribution in [0.15, 0.2) is 36.9 Å². The van der Waals surface area contributed by atoms with Gasteiger partial charge in [0.05, 0.1) is 19.7 Å². The Labute approximate surface area is 135 Å². The van der Waals surface area contributed by atoms with E-state index in [4.69, 9.17) is 4.74 Å². The molecule has 1 N–H and O–H groups in total. The number of carbonyl (C=O) groups is 1. The number of carbonyl (C=O) groups excluding carboxylic acids is 1. The molecule has 7 nitrogen and oxygen atoms in total. The van der Waals surface area contributed by atoms with Crippen molar-refractivity contribution in [3.63, 3.8) is 0 Å². The number of amides is 2. The molecule has 1 aliphatic rings. The predicted octanol–water partition coefficient (Wildman–Crippen LogP) is 1.83. The summed E-state index contributed by atoms with van der Waals surface area (Å²) in [5, 5.41) is 6.98. The van der Waals surface area contributed by atoms with Crippen molar-refractivity contribution in [1.29, 1.82) is 0 Å². The Morgan fingerprint density at radius 3 is 3.17 bits per heavy atom. The normalized spacial score (nSPS) is 17.3. The van der Waals surface area contributed by atoms with E-state index in [1.54, 1.807) is 18.1 Å². The lowest BCUT2D eigenvalue weighted by atomic mass is 10.0. The van der Waals surface area contributed by atoms with Gasteiger partial charge in [0.2, 0.25) is 0 Å². The third-order valence-corrected chi connectivity index (χ3v) is 4.08. The Morgan fingerprint density at radius 1 is 1.48 bits per heavy atom. The third kappa shape index (κ3) is 3.61. The molecule has 1 unspecified atom stereocenters. The van der Waals surface area contributed by atoms with Crippen LogP contribution in [0.1, 0.15) is 24.4 Å².